The number of nitrogens with zero attached hydrogens (tertiary/aromatic N) is 2. The Morgan fingerprint density at radius 2 is 1.18 bits per heavy atom. The molecule has 1 aliphatic heterocycles. The highest BCUT2D eigenvalue weighted by Gasteiger charge is 2.30. The number of carbonyl (C=O) groups is 1. The number of benzene rings is 1. The first kappa shape index (κ1) is 31.2. The Morgan fingerprint density at radius 1 is 0.735 bits per heavy atom. The van der Waals surface area contributed by atoms with Crippen molar-refractivity contribution in [3.8, 4) is 0 Å². The predicted octanol–water partition coefficient (Wildman–Crippen LogP) is 4.74. The number of unbranched alkanes of at least 4 members (excludes halogenated alkanes) is 14. The van der Waals surface area contributed by atoms with E-state index in [0.717, 1.165) is 50.0 Å². The largest absolute Gasteiger partial charge is 1.00 e. The van der Waals surface area contributed by atoms with Crippen LogP contribution in [0.15, 0.2) is 30.3 Å². The van der Waals surface area contributed by atoms with Gasteiger partial charge in [-0.15, -0.1) is 0 Å². The Bertz CT molecular complexity index is 613. The van der Waals surface area contributed by atoms with Crippen molar-refractivity contribution in [2.45, 2.75) is 116 Å². The monoisotopic (exact) mass is 536 g/mol. The lowest BCUT2D eigenvalue weighted by molar-refractivity contribution is -0.926. The fraction of sp³-hybridized carbons (Fsp3) is 0.767. The Balaban J connectivity index is 0.00000578. The maximum Gasteiger partial charge on any atom is 0.222 e. The molecule has 0 unspecified atom stereocenters. The molecule has 0 aliphatic carbocycles. The van der Waals surface area contributed by atoms with Crippen LogP contribution in [0, 0.1) is 0 Å². The lowest BCUT2D eigenvalue weighted by Gasteiger charge is -2.42. The molecule has 1 aliphatic rings. The van der Waals surface area contributed by atoms with E-state index in [1.54, 1.807) is 0 Å². The Hall–Kier alpha value is -0.870. The summed E-state index contributed by atoms with van der Waals surface area (Å²) in [6.45, 7) is 7.33. The Labute approximate surface area is 222 Å². The van der Waals surface area contributed by atoms with Crippen molar-refractivity contribution in [2.75, 3.05) is 33.2 Å². The van der Waals surface area contributed by atoms with Gasteiger partial charge < -0.3 is 26.4 Å². The third-order valence-electron chi connectivity index (χ3n) is 7.57. The lowest BCUT2D eigenvalue weighted by Crippen LogP contribution is -3.00. The number of carbonyl (C=O) groups excluding carboxylic acids is 1. The zero-order valence-corrected chi connectivity index (χ0v) is 24.0. The summed E-state index contributed by atoms with van der Waals surface area (Å²) in [7, 11) is 2.34. The Kier molecular flexibility index (Phi) is 17.7. The number of hydrogen-bond acceptors (Lipinski definition) is 1. The molecular weight excluding hydrogens is 484 g/mol. The first-order valence-electron chi connectivity index (χ1n) is 14.3. The van der Waals surface area contributed by atoms with Crippen LogP contribution in [0.1, 0.15) is 115 Å². The van der Waals surface area contributed by atoms with Gasteiger partial charge in [-0.1, -0.05) is 127 Å². The molecule has 1 fully saturated rings. The van der Waals surface area contributed by atoms with E-state index in [1.165, 1.54) is 95.5 Å². The van der Waals surface area contributed by atoms with Gasteiger partial charge in [-0.2, -0.15) is 0 Å². The molecule has 0 spiro atoms. The van der Waals surface area contributed by atoms with Crippen molar-refractivity contribution in [2.24, 2.45) is 0 Å². The number of rotatable bonds is 18. The number of amides is 1. The van der Waals surface area contributed by atoms with Crippen LogP contribution in [0.3, 0.4) is 0 Å². The van der Waals surface area contributed by atoms with Crippen molar-refractivity contribution in [1.82, 2.24) is 4.90 Å². The highest BCUT2D eigenvalue weighted by atomic mass is 79.9. The molecule has 3 nitrogen and oxygen atoms in total. The zero-order valence-electron chi connectivity index (χ0n) is 22.4. The molecule has 4 heteroatoms. The van der Waals surface area contributed by atoms with E-state index < -0.39 is 0 Å². The maximum absolute atomic E-state index is 12.6. The van der Waals surface area contributed by atoms with Gasteiger partial charge >= 0.3 is 0 Å². The lowest BCUT2D eigenvalue weighted by atomic mass is 10.0. The van der Waals surface area contributed by atoms with Crippen LogP contribution in [0.4, 0.5) is 0 Å². The molecule has 0 saturated carbocycles. The van der Waals surface area contributed by atoms with Crippen molar-refractivity contribution >= 4 is 5.91 Å². The second-order valence-corrected chi connectivity index (χ2v) is 10.8. The van der Waals surface area contributed by atoms with Crippen LogP contribution in [-0.2, 0) is 11.3 Å². The van der Waals surface area contributed by atoms with Crippen LogP contribution >= 0.6 is 0 Å². The van der Waals surface area contributed by atoms with Crippen LogP contribution in [-0.4, -0.2) is 48.5 Å². The standard InChI is InChI=1S/C30H53N2O.BrH/c1-3-4-5-6-7-8-9-10-11-12-13-14-15-16-20-23-30(33)31-24-26-32(2,27-25-31)28-29-21-18-17-19-22-29;/h17-19,21-22H,3-16,20,23-28H2,1-2H3;1H/q+1;/p-1. The number of hydrogen-bond donors (Lipinski definition) is 0. The maximum atomic E-state index is 12.6. The van der Waals surface area contributed by atoms with Crippen LogP contribution in [0.25, 0.3) is 0 Å². The average molecular weight is 538 g/mol. The topological polar surface area (TPSA) is 20.3 Å². The van der Waals surface area contributed by atoms with Gasteiger partial charge in [0.05, 0.1) is 33.2 Å². The fourth-order valence-corrected chi connectivity index (χ4v) is 5.19. The molecule has 1 aromatic carbocycles. The van der Waals surface area contributed by atoms with Gasteiger partial charge in [0, 0.05) is 12.0 Å². The molecule has 1 amide bonds. The number of quaternary nitrogens is 1. The fourth-order valence-electron chi connectivity index (χ4n) is 5.19. The van der Waals surface area contributed by atoms with Gasteiger partial charge in [-0.3, -0.25) is 4.79 Å². The molecule has 0 N–H and O–H groups in total. The summed E-state index contributed by atoms with van der Waals surface area (Å²) in [4.78, 5) is 14.7. The second kappa shape index (κ2) is 19.3. The molecule has 1 saturated heterocycles. The Morgan fingerprint density at radius 3 is 1.65 bits per heavy atom. The van der Waals surface area contributed by atoms with E-state index in [2.05, 4.69) is 49.2 Å². The van der Waals surface area contributed by atoms with Crippen molar-refractivity contribution in [3.05, 3.63) is 35.9 Å². The summed E-state index contributed by atoms with van der Waals surface area (Å²) >= 11 is 0. The van der Waals surface area contributed by atoms with Crippen LogP contribution in [0.2, 0.25) is 0 Å². The smallest absolute Gasteiger partial charge is 0.222 e. The quantitative estimate of drug-likeness (QED) is 0.196. The number of likely N-dealkylation sites (N-methyl/N-ethyl adjacent to an activating group) is 1. The molecule has 34 heavy (non-hydrogen) atoms. The van der Waals surface area contributed by atoms with E-state index in [4.69, 9.17) is 0 Å². The zero-order chi connectivity index (χ0) is 23.6. The summed E-state index contributed by atoms with van der Waals surface area (Å²) in [5.74, 6) is 0.385. The third-order valence-corrected chi connectivity index (χ3v) is 7.57. The molecule has 196 valence electrons. The SMILES string of the molecule is CCCCCCCCCCCCCCCCCC(=O)N1CC[N+](C)(Cc2ccccc2)CC1.[Br-]. The molecule has 0 aromatic heterocycles. The average Bonchev–Trinajstić information content (AvgIpc) is 2.82. The minimum Gasteiger partial charge on any atom is -1.00 e. The highest BCUT2D eigenvalue weighted by molar-refractivity contribution is 5.76. The van der Waals surface area contributed by atoms with Crippen LogP contribution < -0.4 is 17.0 Å². The first-order valence-corrected chi connectivity index (χ1v) is 14.3. The number of piperazine rings is 1. The third kappa shape index (κ3) is 13.9. The first-order chi connectivity index (χ1) is 16.1. The van der Waals surface area contributed by atoms with Crippen molar-refractivity contribution in [3.63, 3.8) is 0 Å². The molecular formula is C30H53BrN2O. The van der Waals surface area contributed by atoms with E-state index in [0.29, 0.717) is 5.91 Å². The molecule has 0 radical (unpaired) electrons. The molecule has 2 rings (SSSR count). The molecule has 1 heterocycles. The van der Waals surface area contributed by atoms with Gasteiger partial charge in [-0.25, -0.2) is 0 Å². The van der Waals surface area contributed by atoms with Gasteiger partial charge in [0.2, 0.25) is 5.91 Å². The summed E-state index contributed by atoms with van der Waals surface area (Å²) in [6.07, 6.45) is 21.3. The van der Waals surface area contributed by atoms with Crippen LogP contribution in [0.5, 0.6) is 0 Å². The normalized spacial score (nSPS) is 15.2. The van der Waals surface area contributed by atoms with Crippen molar-refractivity contribution < 1.29 is 26.3 Å². The summed E-state index contributed by atoms with van der Waals surface area (Å²) in [5, 5.41) is 0. The van der Waals surface area contributed by atoms with Crippen molar-refractivity contribution in [1.29, 1.82) is 0 Å². The predicted molar refractivity (Wildman–Crippen MR) is 142 cm³/mol. The highest BCUT2D eigenvalue weighted by Crippen LogP contribution is 2.18. The van der Waals surface area contributed by atoms with E-state index in [-0.39, 0.29) is 17.0 Å². The summed E-state index contributed by atoms with van der Waals surface area (Å²) in [5.41, 5.74) is 1.40. The summed E-state index contributed by atoms with van der Waals surface area (Å²) in [6, 6.07) is 10.8. The minimum absolute atomic E-state index is 0. The summed E-state index contributed by atoms with van der Waals surface area (Å²) < 4.78 is 1.05. The minimum atomic E-state index is 0. The van der Waals surface area contributed by atoms with Gasteiger partial charge in [0.15, 0.2) is 0 Å². The molecule has 1 aromatic rings. The molecule has 0 bridgehead atoms. The van der Waals surface area contributed by atoms with Gasteiger partial charge in [0.1, 0.15) is 6.54 Å². The van der Waals surface area contributed by atoms with E-state index in [9.17, 15) is 4.79 Å². The molecule has 0 atom stereocenters. The number of halogens is 1. The van der Waals surface area contributed by atoms with E-state index in [1.807, 2.05) is 0 Å². The van der Waals surface area contributed by atoms with Gasteiger partial charge in [-0.05, 0) is 6.42 Å². The van der Waals surface area contributed by atoms with E-state index >= 15 is 0 Å². The second-order valence-electron chi connectivity index (χ2n) is 10.8. The van der Waals surface area contributed by atoms with Gasteiger partial charge in [0.25, 0.3) is 0 Å².